The maximum absolute atomic E-state index is 11.2. The third kappa shape index (κ3) is 2.61. The number of ketones is 1. The highest BCUT2D eigenvalue weighted by molar-refractivity contribution is 7.13. The van der Waals surface area contributed by atoms with Gasteiger partial charge in [0.15, 0.2) is 10.9 Å². The fraction of sp³-hybridized carbons (Fsp3) is 0.667. The van der Waals surface area contributed by atoms with Crippen LogP contribution in [-0.4, -0.2) is 23.9 Å². The molecule has 0 spiro atoms. The monoisotopic (exact) mass is 238 g/mol. The Kier molecular flexibility index (Phi) is 3.59. The number of nitrogens with zero attached hydrogens (tertiary/aromatic N) is 2. The molecule has 1 aromatic heterocycles. The van der Waals surface area contributed by atoms with Crippen molar-refractivity contribution >= 4 is 22.3 Å². The molecule has 1 saturated heterocycles. The summed E-state index contributed by atoms with van der Waals surface area (Å²) in [4.78, 5) is 17.9. The summed E-state index contributed by atoms with van der Waals surface area (Å²) in [5.74, 6) is 0.878. The number of hydrogen-bond donors (Lipinski definition) is 0. The summed E-state index contributed by atoms with van der Waals surface area (Å²) in [6.45, 7) is 6.04. The van der Waals surface area contributed by atoms with E-state index in [1.807, 2.05) is 5.38 Å². The smallest absolute Gasteiger partial charge is 0.185 e. The van der Waals surface area contributed by atoms with Crippen molar-refractivity contribution in [3.8, 4) is 0 Å². The van der Waals surface area contributed by atoms with Crippen LogP contribution in [0, 0.1) is 5.92 Å². The van der Waals surface area contributed by atoms with E-state index >= 15 is 0 Å². The lowest BCUT2D eigenvalue weighted by atomic mass is 10.0. The lowest BCUT2D eigenvalue weighted by Gasteiger charge is -2.18. The van der Waals surface area contributed by atoms with E-state index in [-0.39, 0.29) is 5.78 Å². The molecular weight excluding hydrogens is 220 g/mol. The van der Waals surface area contributed by atoms with E-state index < -0.39 is 0 Å². The van der Waals surface area contributed by atoms with Gasteiger partial charge in [-0.3, -0.25) is 4.79 Å². The first-order valence-electron chi connectivity index (χ1n) is 5.88. The Balaban J connectivity index is 2.07. The van der Waals surface area contributed by atoms with Crippen LogP contribution < -0.4 is 4.90 Å². The Morgan fingerprint density at radius 1 is 1.50 bits per heavy atom. The van der Waals surface area contributed by atoms with Crippen molar-refractivity contribution < 1.29 is 4.79 Å². The van der Waals surface area contributed by atoms with E-state index in [0.29, 0.717) is 5.69 Å². The number of Topliss-reactive ketones (excluding diaryl/α,β-unsaturated/α-hetero) is 1. The molecule has 2 heterocycles. The Morgan fingerprint density at radius 3 is 3.00 bits per heavy atom. The van der Waals surface area contributed by atoms with Gasteiger partial charge in [-0.15, -0.1) is 11.3 Å². The van der Waals surface area contributed by atoms with Gasteiger partial charge in [0.2, 0.25) is 0 Å². The van der Waals surface area contributed by atoms with Crippen LogP contribution in [0.3, 0.4) is 0 Å². The quantitative estimate of drug-likeness (QED) is 0.743. The number of carbonyl (C=O) groups excluding carboxylic acids is 1. The highest BCUT2D eigenvalue weighted by Gasteiger charge is 2.17. The summed E-state index contributed by atoms with van der Waals surface area (Å²) in [6.07, 6.45) is 3.77. The Hall–Kier alpha value is -0.900. The maximum atomic E-state index is 11.2. The molecule has 0 aliphatic carbocycles. The van der Waals surface area contributed by atoms with Gasteiger partial charge in [-0.05, 0) is 25.2 Å². The molecule has 3 nitrogen and oxygen atoms in total. The molecule has 1 fully saturated rings. The topological polar surface area (TPSA) is 33.2 Å². The van der Waals surface area contributed by atoms with E-state index in [1.165, 1.54) is 19.3 Å². The molecule has 0 amide bonds. The van der Waals surface area contributed by atoms with Gasteiger partial charge in [0.05, 0.1) is 0 Å². The molecule has 88 valence electrons. The fourth-order valence-electron chi connectivity index (χ4n) is 2.03. The zero-order chi connectivity index (χ0) is 11.5. The lowest BCUT2D eigenvalue weighted by Crippen LogP contribution is -2.24. The van der Waals surface area contributed by atoms with Crippen molar-refractivity contribution in [2.24, 2.45) is 5.92 Å². The summed E-state index contributed by atoms with van der Waals surface area (Å²) in [5, 5.41) is 2.88. The lowest BCUT2D eigenvalue weighted by molar-refractivity contribution is 0.101. The molecular formula is C12H18N2OS. The SMILES string of the molecule is CC(=O)c1csc(N2CCCC(C)CC2)n1. The Labute approximate surface area is 100 Å². The van der Waals surface area contributed by atoms with E-state index in [0.717, 1.165) is 24.1 Å². The minimum atomic E-state index is 0.0608. The van der Waals surface area contributed by atoms with Gasteiger partial charge >= 0.3 is 0 Å². The fourth-order valence-corrected chi connectivity index (χ4v) is 2.94. The van der Waals surface area contributed by atoms with Crippen LogP contribution in [0.2, 0.25) is 0 Å². The van der Waals surface area contributed by atoms with Gasteiger partial charge in [0, 0.05) is 25.4 Å². The average Bonchev–Trinajstić information content (AvgIpc) is 2.63. The molecule has 4 heteroatoms. The first-order chi connectivity index (χ1) is 7.66. The summed E-state index contributed by atoms with van der Waals surface area (Å²) in [7, 11) is 0. The van der Waals surface area contributed by atoms with Gasteiger partial charge in [0.25, 0.3) is 0 Å². The van der Waals surface area contributed by atoms with Gasteiger partial charge in [-0.1, -0.05) is 6.92 Å². The molecule has 0 aromatic carbocycles. The zero-order valence-corrected chi connectivity index (χ0v) is 10.7. The van der Waals surface area contributed by atoms with Crippen molar-refractivity contribution in [2.45, 2.75) is 33.1 Å². The van der Waals surface area contributed by atoms with Crippen LogP contribution in [0.1, 0.15) is 43.6 Å². The normalized spacial score (nSPS) is 21.9. The summed E-state index contributed by atoms with van der Waals surface area (Å²) in [5.41, 5.74) is 0.609. The van der Waals surface area contributed by atoms with Gasteiger partial charge in [-0.2, -0.15) is 0 Å². The summed E-state index contributed by atoms with van der Waals surface area (Å²) >= 11 is 1.59. The molecule has 16 heavy (non-hydrogen) atoms. The molecule has 0 N–H and O–H groups in total. The molecule has 1 aliphatic rings. The average molecular weight is 238 g/mol. The number of thiazole rings is 1. The van der Waals surface area contributed by atoms with Crippen molar-refractivity contribution in [1.82, 2.24) is 4.98 Å². The van der Waals surface area contributed by atoms with Crippen LogP contribution in [0.25, 0.3) is 0 Å². The molecule has 1 unspecified atom stereocenters. The van der Waals surface area contributed by atoms with Crippen molar-refractivity contribution in [2.75, 3.05) is 18.0 Å². The molecule has 0 saturated carbocycles. The first kappa shape index (κ1) is 11.6. The van der Waals surface area contributed by atoms with E-state index in [1.54, 1.807) is 18.3 Å². The largest absolute Gasteiger partial charge is 0.348 e. The van der Waals surface area contributed by atoms with Gasteiger partial charge in [-0.25, -0.2) is 4.98 Å². The number of hydrogen-bond acceptors (Lipinski definition) is 4. The molecule has 1 aliphatic heterocycles. The third-order valence-electron chi connectivity index (χ3n) is 3.14. The second kappa shape index (κ2) is 4.95. The van der Waals surface area contributed by atoms with Crippen LogP contribution in [-0.2, 0) is 0 Å². The van der Waals surface area contributed by atoms with Crippen LogP contribution in [0.4, 0.5) is 5.13 Å². The number of aromatic nitrogens is 1. The summed E-state index contributed by atoms with van der Waals surface area (Å²) in [6, 6.07) is 0. The van der Waals surface area contributed by atoms with Gasteiger partial charge < -0.3 is 4.90 Å². The minimum Gasteiger partial charge on any atom is -0.348 e. The predicted octanol–water partition coefficient (Wildman–Crippen LogP) is 2.97. The molecule has 1 aromatic rings. The zero-order valence-electron chi connectivity index (χ0n) is 9.90. The highest BCUT2D eigenvalue weighted by atomic mass is 32.1. The van der Waals surface area contributed by atoms with Crippen molar-refractivity contribution in [3.05, 3.63) is 11.1 Å². The number of carbonyl (C=O) groups is 1. The van der Waals surface area contributed by atoms with E-state index in [4.69, 9.17) is 0 Å². The predicted molar refractivity (Wildman–Crippen MR) is 67.3 cm³/mol. The Morgan fingerprint density at radius 2 is 2.31 bits per heavy atom. The van der Waals surface area contributed by atoms with Crippen LogP contribution in [0.15, 0.2) is 5.38 Å². The van der Waals surface area contributed by atoms with Gasteiger partial charge in [0.1, 0.15) is 5.69 Å². The van der Waals surface area contributed by atoms with E-state index in [9.17, 15) is 4.79 Å². The van der Waals surface area contributed by atoms with Crippen molar-refractivity contribution in [1.29, 1.82) is 0 Å². The third-order valence-corrected chi connectivity index (χ3v) is 4.04. The maximum Gasteiger partial charge on any atom is 0.185 e. The van der Waals surface area contributed by atoms with Crippen LogP contribution >= 0.6 is 11.3 Å². The molecule has 0 bridgehead atoms. The van der Waals surface area contributed by atoms with Crippen LogP contribution in [0.5, 0.6) is 0 Å². The number of anilines is 1. The highest BCUT2D eigenvalue weighted by Crippen LogP contribution is 2.25. The minimum absolute atomic E-state index is 0.0608. The Bertz CT molecular complexity index is 375. The number of rotatable bonds is 2. The second-order valence-electron chi connectivity index (χ2n) is 4.59. The standard InChI is InChI=1S/C12H18N2OS/c1-9-4-3-6-14(7-5-9)12-13-11(8-16-12)10(2)15/h8-9H,3-7H2,1-2H3. The molecule has 0 radical (unpaired) electrons. The second-order valence-corrected chi connectivity index (χ2v) is 5.43. The van der Waals surface area contributed by atoms with E-state index in [2.05, 4.69) is 16.8 Å². The first-order valence-corrected chi connectivity index (χ1v) is 6.76. The molecule has 1 atom stereocenters. The van der Waals surface area contributed by atoms with Crippen molar-refractivity contribution in [3.63, 3.8) is 0 Å². The molecule has 2 rings (SSSR count). The summed E-state index contributed by atoms with van der Waals surface area (Å²) < 4.78 is 0.